The number of carbonyl (C=O) groups excluding carboxylic acids is 1. The van der Waals surface area contributed by atoms with E-state index in [2.05, 4.69) is 0 Å². The van der Waals surface area contributed by atoms with Crippen LogP contribution in [0.25, 0.3) is 0 Å². The highest BCUT2D eigenvalue weighted by molar-refractivity contribution is 5.86. The molecule has 0 aliphatic carbocycles. The lowest BCUT2D eigenvalue weighted by atomic mass is 9.81. The molecule has 2 N–H and O–H groups in total. The maximum Gasteiger partial charge on any atom is 0.328 e. The molecule has 1 saturated heterocycles. The Kier molecular flexibility index (Phi) is 5.05. The second-order valence-electron chi connectivity index (χ2n) is 7.43. The van der Waals surface area contributed by atoms with Crippen molar-refractivity contribution in [3.05, 3.63) is 0 Å². The number of amides is 1. The Morgan fingerprint density at radius 1 is 1.38 bits per heavy atom. The first kappa shape index (κ1) is 17.9. The molecule has 3 unspecified atom stereocenters. The number of carboxylic acids is 1. The summed E-state index contributed by atoms with van der Waals surface area (Å²) < 4.78 is 5.45. The third-order valence-corrected chi connectivity index (χ3v) is 3.74. The SMILES string of the molecule is CC(O)C(CC(C)(C)C)C(=O)N1C(C(=O)O)COC1(C)C. The Bertz CT molecular complexity index is 411. The smallest absolute Gasteiger partial charge is 0.328 e. The molecule has 0 aromatic carbocycles. The Morgan fingerprint density at radius 2 is 1.90 bits per heavy atom. The van der Waals surface area contributed by atoms with E-state index in [9.17, 15) is 19.8 Å². The predicted molar refractivity (Wildman–Crippen MR) is 77.5 cm³/mol. The molecule has 0 aromatic rings. The van der Waals surface area contributed by atoms with Crippen LogP contribution in [0.3, 0.4) is 0 Å². The second-order valence-corrected chi connectivity index (χ2v) is 7.43. The van der Waals surface area contributed by atoms with E-state index in [4.69, 9.17) is 4.74 Å². The summed E-state index contributed by atoms with van der Waals surface area (Å²) in [5.74, 6) is -2.10. The number of aliphatic hydroxyl groups is 1. The van der Waals surface area contributed by atoms with Gasteiger partial charge in [0.2, 0.25) is 5.91 Å². The lowest BCUT2D eigenvalue weighted by Crippen LogP contribution is -2.54. The van der Waals surface area contributed by atoms with Gasteiger partial charge in [0.05, 0.1) is 18.6 Å². The van der Waals surface area contributed by atoms with E-state index in [0.29, 0.717) is 6.42 Å². The summed E-state index contributed by atoms with van der Waals surface area (Å²) in [4.78, 5) is 25.4. The zero-order valence-corrected chi connectivity index (χ0v) is 13.7. The fraction of sp³-hybridized carbons (Fsp3) is 0.867. The number of carbonyl (C=O) groups is 2. The average molecular weight is 301 g/mol. The van der Waals surface area contributed by atoms with E-state index >= 15 is 0 Å². The minimum absolute atomic E-state index is 0.0316. The molecular weight excluding hydrogens is 274 g/mol. The molecule has 0 spiro atoms. The molecule has 1 fully saturated rings. The van der Waals surface area contributed by atoms with Gasteiger partial charge in [0, 0.05) is 0 Å². The van der Waals surface area contributed by atoms with Gasteiger partial charge in [-0.2, -0.15) is 0 Å². The van der Waals surface area contributed by atoms with Crippen molar-refractivity contribution >= 4 is 11.9 Å². The molecule has 0 aromatic heterocycles. The van der Waals surface area contributed by atoms with E-state index in [0.717, 1.165) is 0 Å². The van der Waals surface area contributed by atoms with Crippen LogP contribution in [0.5, 0.6) is 0 Å². The summed E-state index contributed by atoms with van der Waals surface area (Å²) >= 11 is 0. The molecule has 0 radical (unpaired) electrons. The van der Waals surface area contributed by atoms with Gasteiger partial charge in [-0.25, -0.2) is 4.79 Å². The van der Waals surface area contributed by atoms with Crippen molar-refractivity contribution in [1.82, 2.24) is 4.90 Å². The maximum atomic E-state index is 12.8. The maximum absolute atomic E-state index is 12.8. The molecule has 1 heterocycles. The largest absolute Gasteiger partial charge is 0.480 e. The number of hydrogen-bond acceptors (Lipinski definition) is 4. The topological polar surface area (TPSA) is 87.1 Å². The van der Waals surface area contributed by atoms with Gasteiger partial charge < -0.3 is 14.9 Å². The Labute approximate surface area is 126 Å². The standard InChI is InChI=1S/C15H27NO5/c1-9(17)10(7-14(2,3)4)12(18)16-11(13(19)20)8-21-15(16,5)6/h9-11,17H,7-8H2,1-6H3,(H,19,20). The molecule has 0 saturated carbocycles. The highest BCUT2D eigenvalue weighted by atomic mass is 16.5. The first-order chi connectivity index (χ1) is 9.37. The van der Waals surface area contributed by atoms with Crippen LogP contribution < -0.4 is 0 Å². The highest BCUT2D eigenvalue weighted by Crippen LogP contribution is 2.34. The van der Waals surface area contributed by atoms with E-state index in [-0.39, 0.29) is 17.9 Å². The number of hydrogen-bond donors (Lipinski definition) is 2. The number of nitrogens with zero attached hydrogens (tertiary/aromatic N) is 1. The van der Waals surface area contributed by atoms with Gasteiger partial charge in [0.1, 0.15) is 5.72 Å². The van der Waals surface area contributed by atoms with Crippen LogP contribution in [0.15, 0.2) is 0 Å². The molecule has 6 heteroatoms. The number of ether oxygens (including phenoxy) is 1. The minimum Gasteiger partial charge on any atom is -0.480 e. The van der Waals surface area contributed by atoms with Gasteiger partial charge >= 0.3 is 5.97 Å². The lowest BCUT2D eigenvalue weighted by Gasteiger charge is -2.37. The molecule has 21 heavy (non-hydrogen) atoms. The minimum atomic E-state index is -1.09. The monoisotopic (exact) mass is 301 g/mol. The summed E-state index contributed by atoms with van der Waals surface area (Å²) in [7, 11) is 0. The van der Waals surface area contributed by atoms with Gasteiger partial charge in [-0.1, -0.05) is 20.8 Å². The van der Waals surface area contributed by atoms with Gasteiger partial charge in [0.25, 0.3) is 0 Å². The van der Waals surface area contributed by atoms with Crippen LogP contribution in [-0.2, 0) is 14.3 Å². The van der Waals surface area contributed by atoms with E-state index in [1.807, 2.05) is 20.8 Å². The Balaban J connectivity index is 3.08. The molecule has 6 nitrogen and oxygen atoms in total. The Morgan fingerprint density at radius 3 is 2.29 bits per heavy atom. The molecule has 1 aliphatic rings. The van der Waals surface area contributed by atoms with Gasteiger partial charge in [-0.15, -0.1) is 0 Å². The number of aliphatic hydroxyl groups excluding tert-OH is 1. The third-order valence-electron chi connectivity index (χ3n) is 3.74. The average Bonchev–Trinajstić information content (AvgIpc) is 2.59. The van der Waals surface area contributed by atoms with E-state index in [1.54, 1.807) is 20.8 Å². The Hall–Kier alpha value is -1.14. The summed E-state index contributed by atoms with van der Waals surface area (Å²) in [6.45, 7) is 10.8. The van der Waals surface area contributed by atoms with Crippen LogP contribution >= 0.6 is 0 Å². The normalized spacial score (nSPS) is 24.7. The predicted octanol–water partition coefficient (Wildman–Crippen LogP) is 1.47. The molecule has 0 bridgehead atoms. The first-order valence-corrected chi connectivity index (χ1v) is 7.25. The summed E-state index contributed by atoms with van der Waals surface area (Å²) in [5.41, 5.74) is -1.13. The molecule has 122 valence electrons. The summed E-state index contributed by atoms with van der Waals surface area (Å²) in [6.07, 6.45) is -0.370. The van der Waals surface area contributed by atoms with Crippen molar-refractivity contribution in [3.8, 4) is 0 Å². The first-order valence-electron chi connectivity index (χ1n) is 7.25. The highest BCUT2D eigenvalue weighted by Gasteiger charge is 2.49. The van der Waals surface area contributed by atoms with E-state index in [1.165, 1.54) is 4.90 Å². The van der Waals surface area contributed by atoms with Crippen molar-refractivity contribution < 1.29 is 24.5 Å². The summed E-state index contributed by atoms with van der Waals surface area (Å²) in [5, 5.41) is 19.2. The molecule has 1 amide bonds. The van der Waals surface area contributed by atoms with Crippen molar-refractivity contribution in [2.24, 2.45) is 11.3 Å². The van der Waals surface area contributed by atoms with Gasteiger partial charge in [0.15, 0.2) is 6.04 Å². The van der Waals surface area contributed by atoms with Crippen molar-refractivity contribution in [3.63, 3.8) is 0 Å². The fourth-order valence-electron chi connectivity index (χ4n) is 2.71. The summed E-state index contributed by atoms with van der Waals surface area (Å²) in [6, 6.07) is -1.01. The van der Waals surface area contributed by atoms with Gasteiger partial charge in [-0.05, 0) is 32.6 Å². The van der Waals surface area contributed by atoms with Gasteiger partial charge in [-0.3, -0.25) is 9.69 Å². The number of aliphatic carboxylic acids is 1. The fourth-order valence-corrected chi connectivity index (χ4v) is 2.71. The quantitative estimate of drug-likeness (QED) is 0.821. The molecule has 3 atom stereocenters. The van der Waals surface area contributed by atoms with Crippen LogP contribution in [0, 0.1) is 11.3 Å². The zero-order chi connectivity index (χ0) is 16.6. The van der Waals surface area contributed by atoms with Crippen molar-refractivity contribution in [2.75, 3.05) is 6.61 Å². The molecule has 1 aliphatic heterocycles. The van der Waals surface area contributed by atoms with Crippen LogP contribution in [0.1, 0.15) is 48.0 Å². The van der Waals surface area contributed by atoms with Crippen molar-refractivity contribution in [2.45, 2.75) is 65.8 Å². The van der Waals surface area contributed by atoms with Crippen LogP contribution in [0.4, 0.5) is 0 Å². The number of rotatable bonds is 4. The number of carboxylic acid groups (broad SMARTS) is 1. The molecule has 1 rings (SSSR count). The second kappa shape index (κ2) is 5.93. The van der Waals surface area contributed by atoms with Crippen LogP contribution in [0.2, 0.25) is 0 Å². The van der Waals surface area contributed by atoms with E-state index < -0.39 is 29.8 Å². The third kappa shape index (κ3) is 4.17. The van der Waals surface area contributed by atoms with Crippen LogP contribution in [-0.4, -0.2) is 51.5 Å². The van der Waals surface area contributed by atoms with Crippen molar-refractivity contribution in [1.29, 1.82) is 0 Å². The lowest BCUT2D eigenvalue weighted by molar-refractivity contribution is -0.161. The zero-order valence-electron chi connectivity index (χ0n) is 13.7. The molecular formula is C15H27NO5.